The molecule has 8 heteroatoms. The zero-order valence-electron chi connectivity index (χ0n) is 13.0. The second kappa shape index (κ2) is 7.52. The van der Waals surface area contributed by atoms with Gasteiger partial charge >= 0.3 is 5.97 Å². The van der Waals surface area contributed by atoms with E-state index < -0.39 is 30.9 Å². The Hall–Kier alpha value is -3.29. The van der Waals surface area contributed by atoms with Crippen molar-refractivity contribution in [2.24, 2.45) is 0 Å². The van der Waals surface area contributed by atoms with Gasteiger partial charge in [-0.25, -0.2) is 9.18 Å². The van der Waals surface area contributed by atoms with Gasteiger partial charge in [0.15, 0.2) is 24.7 Å². The molecule has 2 aromatic carbocycles. The minimum Gasteiger partial charge on any atom is -0.482 e. The Balaban J connectivity index is 1.42. The van der Waals surface area contributed by atoms with Gasteiger partial charge in [0.25, 0.3) is 5.91 Å². The Morgan fingerprint density at radius 3 is 2.76 bits per heavy atom. The van der Waals surface area contributed by atoms with Crippen LogP contribution in [0.15, 0.2) is 42.5 Å². The van der Waals surface area contributed by atoms with E-state index in [1.807, 2.05) is 0 Å². The van der Waals surface area contributed by atoms with Crippen molar-refractivity contribution < 1.29 is 32.9 Å². The summed E-state index contributed by atoms with van der Waals surface area (Å²) in [6.07, 6.45) is 0. The molecule has 0 spiro atoms. The Labute approximate surface area is 142 Å². The number of hydrogen-bond donors (Lipinski definition) is 1. The van der Waals surface area contributed by atoms with E-state index in [0.717, 1.165) is 6.07 Å². The Bertz CT molecular complexity index is 794. The highest BCUT2D eigenvalue weighted by Crippen LogP contribution is 2.34. The lowest BCUT2D eigenvalue weighted by Crippen LogP contribution is -2.23. The third-order valence-electron chi connectivity index (χ3n) is 3.17. The van der Waals surface area contributed by atoms with Crippen LogP contribution < -0.4 is 19.5 Å². The first-order chi connectivity index (χ1) is 12.1. The van der Waals surface area contributed by atoms with Crippen molar-refractivity contribution >= 4 is 17.6 Å². The number of ether oxygens (including phenoxy) is 4. The molecule has 1 aliphatic rings. The van der Waals surface area contributed by atoms with E-state index in [2.05, 4.69) is 5.32 Å². The number of nitrogens with one attached hydrogen (secondary N) is 1. The number of hydrogen-bond acceptors (Lipinski definition) is 6. The van der Waals surface area contributed by atoms with Crippen LogP contribution in [0.25, 0.3) is 0 Å². The number of carbonyl (C=O) groups is 2. The van der Waals surface area contributed by atoms with E-state index in [9.17, 15) is 14.0 Å². The van der Waals surface area contributed by atoms with Gasteiger partial charge < -0.3 is 24.3 Å². The van der Waals surface area contributed by atoms with Gasteiger partial charge in [-0.05, 0) is 24.3 Å². The fourth-order valence-electron chi connectivity index (χ4n) is 2.06. The van der Waals surface area contributed by atoms with Gasteiger partial charge in [0.05, 0.1) is 0 Å². The monoisotopic (exact) mass is 347 g/mol. The molecule has 1 heterocycles. The molecule has 1 aliphatic heterocycles. The molecule has 1 N–H and O–H groups in total. The summed E-state index contributed by atoms with van der Waals surface area (Å²) in [6, 6.07) is 10.3. The highest BCUT2D eigenvalue weighted by Gasteiger charge is 2.15. The van der Waals surface area contributed by atoms with Crippen LogP contribution in [0.2, 0.25) is 0 Å². The molecular formula is C17H14FNO6. The van der Waals surface area contributed by atoms with E-state index in [-0.39, 0.29) is 12.5 Å². The van der Waals surface area contributed by atoms with Crippen LogP contribution in [0.1, 0.15) is 0 Å². The van der Waals surface area contributed by atoms with Crippen molar-refractivity contribution in [1.29, 1.82) is 0 Å². The predicted molar refractivity (Wildman–Crippen MR) is 84.0 cm³/mol. The molecule has 0 radical (unpaired) electrons. The number of fused-ring (bicyclic) bond motifs is 1. The molecule has 0 aliphatic carbocycles. The van der Waals surface area contributed by atoms with Crippen molar-refractivity contribution in [3.8, 4) is 17.2 Å². The lowest BCUT2D eigenvalue weighted by atomic mass is 10.3. The average molecular weight is 347 g/mol. The van der Waals surface area contributed by atoms with Gasteiger partial charge in [0, 0.05) is 17.8 Å². The van der Waals surface area contributed by atoms with Crippen LogP contribution >= 0.6 is 0 Å². The molecule has 0 saturated carbocycles. The van der Waals surface area contributed by atoms with Crippen molar-refractivity contribution in [3.05, 3.63) is 48.3 Å². The molecule has 0 fully saturated rings. The smallest absolute Gasteiger partial charge is 0.344 e. The molecule has 7 nitrogen and oxygen atoms in total. The standard InChI is InChI=1S/C17H14FNO6/c18-11-2-1-3-13(6-11)22-9-17(21)23-8-16(20)19-12-4-5-14-15(7-12)25-10-24-14/h1-7H,8-10H2,(H,19,20). The minimum atomic E-state index is -0.745. The number of anilines is 1. The van der Waals surface area contributed by atoms with Crippen molar-refractivity contribution in [1.82, 2.24) is 0 Å². The van der Waals surface area contributed by atoms with Crippen molar-refractivity contribution in [3.63, 3.8) is 0 Å². The van der Waals surface area contributed by atoms with Crippen molar-refractivity contribution in [2.45, 2.75) is 0 Å². The first kappa shape index (κ1) is 16.6. The van der Waals surface area contributed by atoms with Crippen LogP contribution in [0.5, 0.6) is 17.2 Å². The van der Waals surface area contributed by atoms with Crippen LogP contribution in [0.4, 0.5) is 10.1 Å². The first-order valence-electron chi connectivity index (χ1n) is 7.33. The first-order valence-corrected chi connectivity index (χ1v) is 7.33. The molecule has 130 valence electrons. The van der Waals surface area contributed by atoms with Crippen LogP contribution in [-0.4, -0.2) is 31.9 Å². The maximum absolute atomic E-state index is 13.0. The van der Waals surface area contributed by atoms with E-state index in [1.165, 1.54) is 18.2 Å². The molecular weight excluding hydrogens is 333 g/mol. The molecule has 0 atom stereocenters. The summed E-state index contributed by atoms with van der Waals surface area (Å²) >= 11 is 0. The van der Waals surface area contributed by atoms with Gasteiger partial charge in [0.1, 0.15) is 11.6 Å². The summed E-state index contributed by atoms with van der Waals surface area (Å²) in [6.45, 7) is -0.768. The number of carbonyl (C=O) groups excluding carboxylic acids is 2. The number of amides is 1. The fraction of sp³-hybridized carbons (Fsp3) is 0.176. The summed E-state index contributed by atoms with van der Waals surface area (Å²) in [5.41, 5.74) is 0.487. The van der Waals surface area contributed by atoms with Crippen LogP contribution in [0, 0.1) is 5.82 Å². The van der Waals surface area contributed by atoms with Gasteiger partial charge in [-0.3, -0.25) is 4.79 Å². The molecule has 1 amide bonds. The van der Waals surface area contributed by atoms with Gasteiger partial charge in [-0.2, -0.15) is 0 Å². The third-order valence-corrected chi connectivity index (χ3v) is 3.17. The topological polar surface area (TPSA) is 83.1 Å². The van der Waals surface area contributed by atoms with Crippen molar-refractivity contribution in [2.75, 3.05) is 25.3 Å². The molecule has 0 unspecified atom stereocenters. The van der Waals surface area contributed by atoms with E-state index >= 15 is 0 Å². The number of esters is 1. The Kier molecular flexibility index (Phi) is 4.98. The van der Waals surface area contributed by atoms with Crippen LogP contribution in [-0.2, 0) is 14.3 Å². The fourth-order valence-corrected chi connectivity index (χ4v) is 2.06. The van der Waals surface area contributed by atoms with Gasteiger partial charge in [-0.1, -0.05) is 6.07 Å². The second-order valence-electron chi connectivity index (χ2n) is 5.02. The summed E-state index contributed by atoms with van der Waals surface area (Å²) in [5, 5.41) is 2.57. The molecule has 2 aromatic rings. The molecule has 0 bridgehead atoms. The average Bonchev–Trinajstić information content (AvgIpc) is 3.06. The van der Waals surface area contributed by atoms with Crippen LogP contribution in [0.3, 0.4) is 0 Å². The lowest BCUT2D eigenvalue weighted by Gasteiger charge is -2.08. The summed E-state index contributed by atoms with van der Waals surface area (Å²) in [5.74, 6) is -0.420. The zero-order chi connectivity index (χ0) is 17.6. The lowest BCUT2D eigenvalue weighted by molar-refractivity contribution is -0.149. The quantitative estimate of drug-likeness (QED) is 0.806. The third kappa shape index (κ3) is 4.60. The maximum atomic E-state index is 13.0. The highest BCUT2D eigenvalue weighted by atomic mass is 19.1. The molecule has 3 rings (SSSR count). The molecule has 0 aromatic heterocycles. The molecule has 25 heavy (non-hydrogen) atoms. The molecule has 0 saturated heterocycles. The second-order valence-corrected chi connectivity index (χ2v) is 5.02. The van der Waals surface area contributed by atoms with E-state index in [1.54, 1.807) is 18.2 Å². The Morgan fingerprint density at radius 2 is 1.92 bits per heavy atom. The van der Waals surface area contributed by atoms with E-state index in [4.69, 9.17) is 18.9 Å². The zero-order valence-corrected chi connectivity index (χ0v) is 13.0. The summed E-state index contributed by atoms with van der Waals surface area (Å²) in [7, 11) is 0. The number of halogens is 1. The summed E-state index contributed by atoms with van der Waals surface area (Å²) in [4.78, 5) is 23.3. The minimum absolute atomic E-state index is 0.135. The SMILES string of the molecule is O=C(COC(=O)COc1cccc(F)c1)Nc1ccc2c(c1)OCO2. The number of rotatable bonds is 6. The summed E-state index contributed by atoms with van der Waals surface area (Å²) < 4.78 is 33.2. The van der Waals surface area contributed by atoms with E-state index in [0.29, 0.717) is 17.2 Å². The van der Waals surface area contributed by atoms with Gasteiger partial charge in [-0.15, -0.1) is 0 Å². The highest BCUT2D eigenvalue weighted by molar-refractivity contribution is 5.93. The van der Waals surface area contributed by atoms with Gasteiger partial charge in [0.2, 0.25) is 6.79 Å². The normalized spacial score (nSPS) is 11.7. The Morgan fingerprint density at radius 1 is 1.08 bits per heavy atom. The maximum Gasteiger partial charge on any atom is 0.344 e. The largest absolute Gasteiger partial charge is 0.482 e. The number of benzene rings is 2. The predicted octanol–water partition coefficient (Wildman–Crippen LogP) is 2.12.